The molecule has 4 aromatic rings. The molecule has 1 aliphatic carbocycles. The number of thiophene rings is 1. The molecule has 2 aromatic heterocycles. The molecule has 0 aliphatic heterocycles. The lowest BCUT2D eigenvalue weighted by Gasteiger charge is -2.14. The van der Waals surface area contributed by atoms with Crippen molar-refractivity contribution in [3.8, 4) is 17.2 Å². The van der Waals surface area contributed by atoms with Gasteiger partial charge in [0, 0.05) is 16.7 Å². The molecule has 1 aliphatic rings. The van der Waals surface area contributed by atoms with Crippen LogP contribution in [0.3, 0.4) is 0 Å². The van der Waals surface area contributed by atoms with Gasteiger partial charge < -0.3 is 9.47 Å². The van der Waals surface area contributed by atoms with Crippen LogP contribution in [0, 0.1) is 0 Å². The molecule has 5 rings (SSSR count). The summed E-state index contributed by atoms with van der Waals surface area (Å²) in [6.45, 7) is 0.446. The second-order valence-corrected chi connectivity index (χ2v) is 10.3. The number of aryl methyl sites for hydroxylation is 2. The molecule has 0 saturated heterocycles. The molecule has 0 bridgehead atoms. The standard InChI is InChI=1S/C25H23ClN2O3S2/c1-30-17-8-6-7-16(15-17)28-24(29)22-18-9-2-5-12-21(18)33-23(22)27-25(28)32-14-13-31-20-11-4-3-10-19(20)26/h3-4,6-8,10-11,15H,2,5,9,12-14H2,1H3. The van der Waals surface area contributed by atoms with Gasteiger partial charge in [0.25, 0.3) is 5.56 Å². The molecule has 0 spiro atoms. The molecule has 0 saturated carbocycles. The van der Waals surface area contributed by atoms with Gasteiger partial charge in [-0.15, -0.1) is 11.3 Å². The highest BCUT2D eigenvalue weighted by Crippen LogP contribution is 2.35. The molecule has 0 amide bonds. The SMILES string of the molecule is COc1cccc(-n2c(SCCOc3ccccc3Cl)nc3sc4c(c3c2=O)CCCC4)c1. The van der Waals surface area contributed by atoms with Crippen LogP contribution in [0.1, 0.15) is 23.3 Å². The summed E-state index contributed by atoms with van der Waals surface area (Å²) in [4.78, 5) is 20.9. The third-order valence-electron chi connectivity index (χ3n) is 5.68. The zero-order valence-corrected chi connectivity index (χ0v) is 20.6. The van der Waals surface area contributed by atoms with Crippen LogP contribution in [0.2, 0.25) is 5.02 Å². The van der Waals surface area contributed by atoms with E-state index >= 15 is 0 Å². The third-order valence-corrected chi connectivity index (χ3v) is 8.08. The van der Waals surface area contributed by atoms with Crippen molar-refractivity contribution in [2.45, 2.75) is 30.8 Å². The fraction of sp³-hybridized carbons (Fsp3) is 0.280. The van der Waals surface area contributed by atoms with Crippen molar-refractivity contribution in [1.82, 2.24) is 9.55 Å². The van der Waals surface area contributed by atoms with Gasteiger partial charge in [-0.25, -0.2) is 4.98 Å². The Balaban J connectivity index is 1.52. The summed E-state index contributed by atoms with van der Waals surface area (Å²) < 4.78 is 13.0. The Morgan fingerprint density at radius 2 is 2.00 bits per heavy atom. The third kappa shape index (κ3) is 4.50. The van der Waals surface area contributed by atoms with Crippen molar-refractivity contribution in [2.75, 3.05) is 19.5 Å². The minimum Gasteiger partial charge on any atom is -0.497 e. The summed E-state index contributed by atoms with van der Waals surface area (Å²) in [6.07, 6.45) is 4.27. The molecular formula is C25H23ClN2O3S2. The first-order valence-electron chi connectivity index (χ1n) is 10.9. The number of hydrogen-bond acceptors (Lipinski definition) is 6. The van der Waals surface area contributed by atoms with Gasteiger partial charge in [0.05, 0.1) is 29.8 Å². The van der Waals surface area contributed by atoms with E-state index in [1.165, 1.54) is 28.6 Å². The molecule has 170 valence electrons. The van der Waals surface area contributed by atoms with Crippen LogP contribution in [0.25, 0.3) is 15.9 Å². The van der Waals surface area contributed by atoms with Crippen LogP contribution in [0.4, 0.5) is 0 Å². The van der Waals surface area contributed by atoms with Gasteiger partial charge in [-0.3, -0.25) is 9.36 Å². The predicted octanol–water partition coefficient (Wildman–Crippen LogP) is 6.16. The van der Waals surface area contributed by atoms with Gasteiger partial charge in [-0.1, -0.05) is 41.6 Å². The highest BCUT2D eigenvalue weighted by molar-refractivity contribution is 7.99. The van der Waals surface area contributed by atoms with Gasteiger partial charge >= 0.3 is 0 Å². The smallest absolute Gasteiger partial charge is 0.267 e. The molecule has 8 heteroatoms. The van der Waals surface area contributed by atoms with E-state index in [-0.39, 0.29) is 5.56 Å². The van der Waals surface area contributed by atoms with Gasteiger partial charge in [0.1, 0.15) is 16.3 Å². The number of halogens is 1. The van der Waals surface area contributed by atoms with Crippen LogP contribution in [0.15, 0.2) is 58.5 Å². The van der Waals surface area contributed by atoms with Crippen molar-refractivity contribution >= 4 is 44.9 Å². The summed E-state index contributed by atoms with van der Waals surface area (Å²) in [5, 5.41) is 2.01. The minimum absolute atomic E-state index is 0.0119. The highest BCUT2D eigenvalue weighted by Gasteiger charge is 2.23. The van der Waals surface area contributed by atoms with Gasteiger partial charge in [0.2, 0.25) is 0 Å². The zero-order valence-electron chi connectivity index (χ0n) is 18.2. The quantitative estimate of drug-likeness (QED) is 0.173. The van der Waals surface area contributed by atoms with E-state index < -0.39 is 0 Å². The molecule has 0 N–H and O–H groups in total. The molecule has 0 unspecified atom stereocenters. The Morgan fingerprint density at radius 3 is 2.85 bits per heavy atom. The first-order chi connectivity index (χ1) is 16.2. The normalized spacial score (nSPS) is 13.2. The second-order valence-electron chi connectivity index (χ2n) is 7.75. The number of benzene rings is 2. The van der Waals surface area contributed by atoms with Crippen LogP contribution >= 0.6 is 34.7 Å². The second kappa shape index (κ2) is 9.79. The molecule has 0 fully saturated rings. The van der Waals surface area contributed by atoms with Crippen LogP contribution < -0.4 is 15.0 Å². The van der Waals surface area contributed by atoms with E-state index in [1.807, 2.05) is 42.5 Å². The number of para-hydroxylation sites is 1. The molecule has 2 aromatic carbocycles. The Labute approximate surface area is 205 Å². The van der Waals surface area contributed by atoms with Gasteiger partial charge in [0.15, 0.2) is 5.16 Å². The lowest BCUT2D eigenvalue weighted by Crippen LogP contribution is -2.22. The van der Waals surface area contributed by atoms with E-state index in [0.29, 0.717) is 34.0 Å². The average Bonchev–Trinajstić information content (AvgIpc) is 3.21. The van der Waals surface area contributed by atoms with Crippen molar-refractivity contribution < 1.29 is 9.47 Å². The van der Waals surface area contributed by atoms with E-state index in [9.17, 15) is 4.79 Å². The molecule has 5 nitrogen and oxygen atoms in total. The number of methoxy groups -OCH3 is 1. The predicted molar refractivity (Wildman–Crippen MR) is 136 cm³/mol. The topological polar surface area (TPSA) is 53.4 Å². The number of rotatable bonds is 7. The largest absolute Gasteiger partial charge is 0.497 e. The Bertz CT molecular complexity index is 1370. The number of ether oxygens (including phenoxy) is 2. The Hall–Kier alpha value is -2.48. The maximum Gasteiger partial charge on any atom is 0.267 e. The first kappa shape index (κ1) is 22.3. The molecule has 0 atom stereocenters. The lowest BCUT2D eigenvalue weighted by molar-refractivity contribution is 0.344. The van der Waals surface area contributed by atoms with Gasteiger partial charge in [-0.2, -0.15) is 0 Å². The lowest BCUT2D eigenvalue weighted by atomic mass is 9.97. The average molecular weight is 499 g/mol. The fourth-order valence-electron chi connectivity index (χ4n) is 4.11. The Morgan fingerprint density at radius 1 is 1.15 bits per heavy atom. The fourth-order valence-corrected chi connectivity index (χ4v) is 6.43. The number of aromatic nitrogens is 2. The maximum absolute atomic E-state index is 13.8. The van der Waals surface area contributed by atoms with Crippen molar-refractivity contribution in [3.05, 3.63) is 74.3 Å². The van der Waals surface area contributed by atoms with Crippen molar-refractivity contribution in [2.24, 2.45) is 0 Å². The van der Waals surface area contributed by atoms with E-state index in [4.69, 9.17) is 26.1 Å². The highest BCUT2D eigenvalue weighted by atomic mass is 35.5. The van der Waals surface area contributed by atoms with Gasteiger partial charge in [-0.05, 0) is 55.5 Å². The number of fused-ring (bicyclic) bond motifs is 3. The summed E-state index contributed by atoms with van der Waals surface area (Å²) in [7, 11) is 1.63. The van der Waals surface area contributed by atoms with Crippen LogP contribution in [-0.2, 0) is 12.8 Å². The number of nitrogens with zero attached hydrogens (tertiary/aromatic N) is 2. The van der Waals surface area contributed by atoms with E-state index in [0.717, 1.165) is 35.2 Å². The molecular weight excluding hydrogens is 476 g/mol. The zero-order chi connectivity index (χ0) is 22.8. The molecule has 0 radical (unpaired) electrons. The Kier molecular flexibility index (Phi) is 6.62. The van der Waals surface area contributed by atoms with E-state index in [1.54, 1.807) is 29.1 Å². The first-order valence-corrected chi connectivity index (χ1v) is 13.1. The summed E-state index contributed by atoms with van der Waals surface area (Å²) in [5.74, 6) is 1.97. The minimum atomic E-state index is -0.0119. The van der Waals surface area contributed by atoms with Crippen molar-refractivity contribution in [1.29, 1.82) is 0 Å². The number of hydrogen-bond donors (Lipinski definition) is 0. The number of thioether (sulfide) groups is 1. The van der Waals surface area contributed by atoms with Crippen LogP contribution in [-0.4, -0.2) is 29.0 Å². The molecule has 2 heterocycles. The molecule has 33 heavy (non-hydrogen) atoms. The summed E-state index contributed by atoms with van der Waals surface area (Å²) in [6, 6.07) is 15.0. The monoisotopic (exact) mass is 498 g/mol. The maximum atomic E-state index is 13.8. The van der Waals surface area contributed by atoms with E-state index in [2.05, 4.69) is 0 Å². The van der Waals surface area contributed by atoms with Crippen LogP contribution in [0.5, 0.6) is 11.5 Å². The summed E-state index contributed by atoms with van der Waals surface area (Å²) >= 11 is 9.36. The van der Waals surface area contributed by atoms with Crippen molar-refractivity contribution in [3.63, 3.8) is 0 Å². The summed E-state index contributed by atoms with van der Waals surface area (Å²) in [5.41, 5.74) is 1.93.